The number of hydrogen-bond acceptors (Lipinski definition) is 2. The molecule has 0 unspecified atom stereocenters. The number of nitrogens with one attached hydrogen (secondary N) is 1. The van der Waals surface area contributed by atoms with Crippen LogP contribution in [0.3, 0.4) is 0 Å². The predicted molar refractivity (Wildman–Crippen MR) is 56.4 cm³/mol. The first-order valence-corrected chi connectivity index (χ1v) is 4.88. The van der Waals surface area contributed by atoms with Crippen LogP contribution in [0.25, 0.3) is 0 Å². The fraction of sp³-hybridized carbons (Fsp3) is 0.400. The van der Waals surface area contributed by atoms with Gasteiger partial charge in [0.05, 0.1) is 17.3 Å². The second kappa shape index (κ2) is 5.83. The van der Waals surface area contributed by atoms with Crippen molar-refractivity contribution >= 4 is 17.3 Å². The van der Waals surface area contributed by atoms with Crippen LogP contribution in [0.4, 0.5) is 10.1 Å². The number of anilines is 1. The van der Waals surface area contributed by atoms with Crippen LogP contribution in [0.15, 0.2) is 18.2 Å². The second-order valence-corrected chi connectivity index (χ2v) is 3.16. The van der Waals surface area contributed by atoms with E-state index in [-0.39, 0.29) is 5.82 Å². The molecule has 0 bridgehead atoms. The van der Waals surface area contributed by atoms with E-state index in [0.717, 1.165) is 0 Å². The van der Waals surface area contributed by atoms with Crippen molar-refractivity contribution in [1.29, 1.82) is 0 Å². The average Bonchev–Trinajstić information content (AvgIpc) is 2.18. The third kappa shape index (κ3) is 3.52. The highest BCUT2D eigenvalue weighted by molar-refractivity contribution is 6.33. The molecule has 2 nitrogen and oxygen atoms in total. The van der Waals surface area contributed by atoms with Gasteiger partial charge >= 0.3 is 0 Å². The third-order valence-electron chi connectivity index (χ3n) is 1.69. The van der Waals surface area contributed by atoms with E-state index in [9.17, 15) is 4.39 Å². The van der Waals surface area contributed by atoms with Crippen molar-refractivity contribution in [2.75, 3.05) is 25.1 Å². The largest absolute Gasteiger partial charge is 0.381 e. The quantitative estimate of drug-likeness (QED) is 0.766. The minimum absolute atomic E-state index is 0.298. The Balaban J connectivity index is 2.45. The highest BCUT2D eigenvalue weighted by Gasteiger charge is 2.00. The van der Waals surface area contributed by atoms with Crippen molar-refractivity contribution in [3.8, 4) is 0 Å². The SMILES string of the molecule is CCOCCNc1cc(F)ccc1Cl. The molecule has 0 saturated heterocycles. The molecule has 14 heavy (non-hydrogen) atoms. The first-order chi connectivity index (χ1) is 6.74. The molecule has 0 aliphatic rings. The highest BCUT2D eigenvalue weighted by atomic mass is 35.5. The smallest absolute Gasteiger partial charge is 0.125 e. The second-order valence-electron chi connectivity index (χ2n) is 2.75. The van der Waals surface area contributed by atoms with Gasteiger partial charge in [-0.15, -0.1) is 0 Å². The molecule has 0 spiro atoms. The normalized spacial score (nSPS) is 10.2. The van der Waals surface area contributed by atoms with Crippen LogP contribution in [-0.4, -0.2) is 19.8 Å². The van der Waals surface area contributed by atoms with Gasteiger partial charge in [-0.1, -0.05) is 11.6 Å². The van der Waals surface area contributed by atoms with Crippen molar-refractivity contribution in [3.63, 3.8) is 0 Å². The summed E-state index contributed by atoms with van der Waals surface area (Å²) in [6.45, 7) is 3.81. The Morgan fingerprint density at radius 1 is 1.50 bits per heavy atom. The van der Waals surface area contributed by atoms with Crippen molar-refractivity contribution in [2.45, 2.75) is 6.92 Å². The monoisotopic (exact) mass is 217 g/mol. The molecule has 0 aromatic heterocycles. The standard InChI is InChI=1S/C10H13ClFNO/c1-2-14-6-5-13-10-7-8(12)3-4-9(10)11/h3-4,7,13H,2,5-6H2,1H3. The van der Waals surface area contributed by atoms with Crippen molar-refractivity contribution in [1.82, 2.24) is 0 Å². The van der Waals surface area contributed by atoms with Gasteiger partial charge in [-0.2, -0.15) is 0 Å². The molecule has 1 aromatic rings. The number of hydrogen-bond donors (Lipinski definition) is 1. The Morgan fingerprint density at radius 3 is 3.00 bits per heavy atom. The number of benzene rings is 1. The summed E-state index contributed by atoms with van der Waals surface area (Å²) in [7, 11) is 0. The Labute approximate surface area is 88.0 Å². The molecule has 1 rings (SSSR count). The Kier molecular flexibility index (Phi) is 4.70. The molecular formula is C10H13ClFNO. The maximum atomic E-state index is 12.8. The van der Waals surface area contributed by atoms with E-state index in [0.29, 0.717) is 30.5 Å². The molecule has 0 aliphatic heterocycles. The molecule has 0 atom stereocenters. The first-order valence-electron chi connectivity index (χ1n) is 4.50. The minimum Gasteiger partial charge on any atom is -0.381 e. The van der Waals surface area contributed by atoms with E-state index in [1.54, 1.807) is 0 Å². The molecule has 0 amide bonds. The highest BCUT2D eigenvalue weighted by Crippen LogP contribution is 2.21. The summed E-state index contributed by atoms with van der Waals surface area (Å²) in [5.74, 6) is -0.298. The van der Waals surface area contributed by atoms with Gasteiger partial charge in [0.15, 0.2) is 0 Å². The lowest BCUT2D eigenvalue weighted by atomic mass is 10.3. The van der Waals surface area contributed by atoms with Crippen molar-refractivity contribution < 1.29 is 9.13 Å². The van der Waals surface area contributed by atoms with Crippen LogP contribution >= 0.6 is 11.6 Å². The number of halogens is 2. The summed E-state index contributed by atoms with van der Waals surface area (Å²) in [5.41, 5.74) is 0.603. The minimum atomic E-state index is -0.298. The number of rotatable bonds is 5. The molecule has 1 N–H and O–H groups in total. The molecule has 4 heteroatoms. The van der Waals surface area contributed by atoms with E-state index in [4.69, 9.17) is 16.3 Å². The molecule has 78 valence electrons. The fourth-order valence-corrected chi connectivity index (χ4v) is 1.22. The van der Waals surface area contributed by atoms with E-state index in [1.807, 2.05) is 6.92 Å². The molecule has 0 heterocycles. The molecular weight excluding hydrogens is 205 g/mol. The molecule has 1 aromatic carbocycles. The van der Waals surface area contributed by atoms with E-state index >= 15 is 0 Å². The lowest BCUT2D eigenvalue weighted by Crippen LogP contribution is -2.09. The first kappa shape index (κ1) is 11.3. The van der Waals surface area contributed by atoms with Gasteiger partial charge in [0.2, 0.25) is 0 Å². The van der Waals surface area contributed by atoms with Gasteiger partial charge in [0, 0.05) is 13.2 Å². The van der Waals surface area contributed by atoms with Gasteiger partial charge in [-0.25, -0.2) is 4.39 Å². The van der Waals surface area contributed by atoms with Gasteiger partial charge in [0.25, 0.3) is 0 Å². The van der Waals surface area contributed by atoms with Gasteiger partial charge in [0.1, 0.15) is 5.82 Å². The predicted octanol–water partition coefficient (Wildman–Crippen LogP) is 2.93. The van der Waals surface area contributed by atoms with Crippen molar-refractivity contribution in [3.05, 3.63) is 29.0 Å². The summed E-state index contributed by atoms with van der Waals surface area (Å²) in [6.07, 6.45) is 0. The van der Waals surface area contributed by atoms with Crippen LogP contribution in [0, 0.1) is 5.82 Å². The van der Waals surface area contributed by atoms with Crippen LogP contribution < -0.4 is 5.32 Å². The van der Waals surface area contributed by atoms with E-state index in [1.165, 1.54) is 18.2 Å². The summed E-state index contributed by atoms with van der Waals surface area (Å²) >= 11 is 5.84. The summed E-state index contributed by atoms with van der Waals surface area (Å²) < 4.78 is 17.9. The Morgan fingerprint density at radius 2 is 2.29 bits per heavy atom. The zero-order chi connectivity index (χ0) is 10.4. The lowest BCUT2D eigenvalue weighted by molar-refractivity contribution is 0.158. The van der Waals surface area contributed by atoms with Crippen LogP contribution in [0.1, 0.15) is 6.92 Å². The van der Waals surface area contributed by atoms with Gasteiger partial charge in [-0.05, 0) is 25.1 Å². The topological polar surface area (TPSA) is 21.3 Å². The molecule has 0 aliphatic carbocycles. The van der Waals surface area contributed by atoms with Crippen LogP contribution in [0.2, 0.25) is 5.02 Å². The Bertz CT molecular complexity index is 293. The average molecular weight is 218 g/mol. The summed E-state index contributed by atoms with van der Waals surface area (Å²) in [5, 5.41) is 3.51. The maximum absolute atomic E-state index is 12.8. The molecule has 0 radical (unpaired) electrons. The third-order valence-corrected chi connectivity index (χ3v) is 2.02. The van der Waals surface area contributed by atoms with Crippen LogP contribution in [0.5, 0.6) is 0 Å². The van der Waals surface area contributed by atoms with Crippen LogP contribution in [-0.2, 0) is 4.74 Å². The summed E-state index contributed by atoms with van der Waals surface area (Å²) in [6, 6.07) is 4.23. The fourth-order valence-electron chi connectivity index (χ4n) is 1.04. The van der Waals surface area contributed by atoms with Gasteiger partial charge in [-0.3, -0.25) is 0 Å². The van der Waals surface area contributed by atoms with E-state index < -0.39 is 0 Å². The zero-order valence-electron chi connectivity index (χ0n) is 8.02. The number of ether oxygens (including phenoxy) is 1. The van der Waals surface area contributed by atoms with E-state index in [2.05, 4.69) is 5.32 Å². The zero-order valence-corrected chi connectivity index (χ0v) is 8.77. The van der Waals surface area contributed by atoms with Crippen molar-refractivity contribution in [2.24, 2.45) is 0 Å². The summed E-state index contributed by atoms with van der Waals surface area (Å²) in [4.78, 5) is 0. The Hall–Kier alpha value is -0.800. The lowest BCUT2D eigenvalue weighted by Gasteiger charge is -2.07. The van der Waals surface area contributed by atoms with Gasteiger partial charge < -0.3 is 10.1 Å². The maximum Gasteiger partial charge on any atom is 0.125 e. The molecule has 0 saturated carbocycles. The molecule has 0 fully saturated rings.